The number of aryl methyl sites for hydroxylation is 1. The van der Waals surface area contributed by atoms with Crippen LogP contribution in [0.3, 0.4) is 0 Å². The Morgan fingerprint density at radius 2 is 1.86 bits per heavy atom. The molecule has 1 aliphatic heterocycles. The molecule has 3 aromatic rings. The lowest BCUT2D eigenvalue weighted by molar-refractivity contribution is -0.113. The van der Waals surface area contributed by atoms with E-state index in [1.807, 2.05) is 37.3 Å². The number of carbonyl (C=O) groups excluding carboxylic acids is 2. The normalized spacial score (nSPS) is 15.6. The van der Waals surface area contributed by atoms with Gasteiger partial charge in [0.1, 0.15) is 5.76 Å². The fourth-order valence-electron chi connectivity index (χ4n) is 2.62. The topological polar surface area (TPSA) is 50.5 Å². The van der Waals surface area contributed by atoms with Gasteiger partial charge < -0.3 is 4.42 Å². The number of hydrogen-bond donors (Lipinski definition) is 0. The van der Waals surface area contributed by atoms with Crippen LogP contribution in [-0.4, -0.2) is 11.1 Å². The number of hydrogen-bond acceptors (Lipinski definition) is 5. The van der Waals surface area contributed by atoms with Crippen molar-refractivity contribution in [2.24, 2.45) is 0 Å². The predicted octanol–water partition coefficient (Wildman–Crippen LogP) is 6.63. The van der Waals surface area contributed by atoms with Crippen molar-refractivity contribution in [1.29, 1.82) is 0 Å². The summed E-state index contributed by atoms with van der Waals surface area (Å²) in [5.41, 5.74) is 1.65. The van der Waals surface area contributed by atoms with Gasteiger partial charge in [0.15, 0.2) is 5.09 Å². The summed E-state index contributed by atoms with van der Waals surface area (Å²) in [6, 6.07) is 18.4. The van der Waals surface area contributed by atoms with E-state index in [1.54, 1.807) is 36.4 Å². The number of thioether (sulfide) groups is 1. The summed E-state index contributed by atoms with van der Waals surface area (Å²) in [5, 5.41) is 0.813. The zero-order valence-electron chi connectivity index (χ0n) is 14.7. The first-order chi connectivity index (χ1) is 13.5. The van der Waals surface area contributed by atoms with E-state index < -0.39 is 0 Å². The number of benzene rings is 2. The average Bonchev–Trinajstić information content (AvgIpc) is 3.21. The maximum Gasteiger partial charge on any atom is 0.298 e. The van der Waals surface area contributed by atoms with E-state index in [-0.39, 0.29) is 11.1 Å². The molecule has 140 valence electrons. The highest BCUT2D eigenvalue weighted by molar-refractivity contribution is 8.19. The van der Waals surface area contributed by atoms with Gasteiger partial charge in [-0.1, -0.05) is 47.1 Å². The fraction of sp³-hybridized carbons (Fsp3) is 0.0476. The average molecular weight is 428 g/mol. The number of anilines is 1. The quantitative estimate of drug-likeness (QED) is 0.437. The van der Waals surface area contributed by atoms with Crippen LogP contribution in [0.15, 0.2) is 80.0 Å². The lowest BCUT2D eigenvalue weighted by Crippen LogP contribution is -2.27. The van der Waals surface area contributed by atoms with Gasteiger partial charge in [-0.05, 0) is 61.2 Å². The molecule has 0 N–H and O–H groups in total. The Balaban J connectivity index is 1.53. The Hall–Kier alpha value is -2.41. The smallest absolute Gasteiger partial charge is 0.298 e. The Morgan fingerprint density at radius 3 is 2.61 bits per heavy atom. The first-order valence-electron chi connectivity index (χ1n) is 8.37. The van der Waals surface area contributed by atoms with Gasteiger partial charge in [0, 0.05) is 16.0 Å². The van der Waals surface area contributed by atoms with Crippen molar-refractivity contribution in [2.45, 2.75) is 16.9 Å². The minimum absolute atomic E-state index is 0.311. The van der Waals surface area contributed by atoms with Crippen molar-refractivity contribution in [1.82, 2.24) is 0 Å². The van der Waals surface area contributed by atoms with Crippen LogP contribution in [0.4, 0.5) is 10.5 Å². The van der Waals surface area contributed by atoms with Gasteiger partial charge in [-0.2, -0.15) is 0 Å². The Labute approximate surface area is 175 Å². The van der Waals surface area contributed by atoms with Crippen LogP contribution in [0.2, 0.25) is 5.02 Å². The third kappa shape index (κ3) is 4.04. The highest BCUT2D eigenvalue weighted by atomic mass is 35.5. The summed E-state index contributed by atoms with van der Waals surface area (Å²) in [6.45, 7) is 2.04. The lowest BCUT2D eigenvalue weighted by atomic mass is 10.2. The SMILES string of the molecule is Cc1ccc(Sc2ccc(/C=C3/SC(=O)N(c4cccc(Cl)c4)C3=O)o2)cc1. The number of imide groups is 1. The zero-order chi connectivity index (χ0) is 19.7. The Bertz CT molecular complexity index is 1090. The van der Waals surface area contributed by atoms with Crippen molar-refractivity contribution in [3.63, 3.8) is 0 Å². The molecule has 1 fully saturated rings. The van der Waals surface area contributed by atoms with Crippen LogP contribution in [0.25, 0.3) is 6.08 Å². The summed E-state index contributed by atoms with van der Waals surface area (Å²) in [6.07, 6.45) is 1.59. The summed E-state index contributed by atoms with van der Waals surface area (Å²) >= 11 is 8.35. The van der Waals surface area contributed by atoms with Crippen LogP contribution in [-0.2, 0) is 4.79 Å². The Morgan fingerprint density at radius 1 is 1.07 bits per heavy atom. The maximum absolute atomic E-state index is 12.7. The Kier molecular flexibility index (Phi) is 5.35. The van der Waals surface area contributed by atoms with E-state index in [9.17, 15) is 9.59 Å². The molecule has 2 heterocycles. The molecule has 1 aromatic heterocycles. The van der Waals surface area contributed by atoms with E-state index in [0.29, 0.717) is 26.5 Å². The van der Waals surface area contributed by atoms with Gasteiger partial charge in [0.25, 0.3) is 11.1 Å². The number of halogens is 1. The molecule has 1 saturated heterocycles. The van der Waals surface area contributed by atoms with Crippen LogP contribution in [0, 0.1) is 6.92 Å². The first kappa shape index (κ1) is 18.9. The molecule has 0 bridgehead atoms. The highest BCUT2D eigenvalue weighted by Gasteiger charge is 2.36. The molecule has 0 saturated carbocycles. The van der Waals surface area contributed by atoms with Crippen LogP contribution in [0.5, 0.6) is 0 Å². The van der Waals surface area contributed by atoms with Crippen LogP contribution in [0.1, 0.15) is 11.3 Å². The van der Waals surface area contributed by atoms with Gasteiger partial charge in [0.05, 0.1) is 10.6 Å². The number of rotatable bonds is 4. The molecule has 1 aliphatic rings. The third-order valence-electron chi connectivity index (χ3n) is 3.98. The molecule has 2 amide bonds. The number of carbonyl (C=O) groups is 2. The molecule has 28 heavy (non-hydrogen) atoms. The highest BCUT2D eigenvalue weighted by Crippen LogP contribution is 2.37. The second-order valence-electron chi connectivity index (χ2n) is 6.07. The standard InChI is InChI=1S/C21H14ClNO3S2/c1-13-5-8-17(9-6-13)27-19-10-7-16(26-19)12-18-20(24)23(21(25)28-18)15-4-2-3-14(22)11-15/h2-12H,1H3/b18-12+. The summed E-state index contributed by atoms with van der Waals surface area (Å²) in [7, 11) is 0. The molecular formula is C21H14ClNO3S2. The van der Waals surface area contributed by atoms with Gasteiger partial charge in [0.2, 0.25) is 0 Å². The first-order valence-corrected chi connectivity index (χ1v) is 10.4. The maximum atomic E-state index is 12.7. The van der Waals surface area contributed by atoms with Gasteiger partial charge in [-0.3, -0.25) is 9.59 Å². The summed E-state index contributed by atoms with van der Waals surface area (Å²) in [4.78, 5) is 27.5. The molecule has 2 aromatic carbocycles. The van der Waals surface area contributed by atoms with Crippen molar-refractivity contribution >= 4 is 58.0 Å². The minimum atomic E-state index is -0.388. The van der Waals surface area contributed by atoms with E-state index in [4.69, 9.17) is 16.0 Å². The lowest BCUT2D eigenvalue weighted by Gasteiger charge is -2.12. The molecule has 7 heteroatoms. The number of nitrogens with zero attached hydrogens (tertiary/aromatic N) is 1. The molecule has 0 unspecified atom stereocenters. The van der Waals surface area contributed by atoms with Gasteiger partial charge >= 0.3 is 0 Å². The van der Waals surface area contributed by atoms with Gasteiger partial charge in [-0.15, -0.1) is 0 Å². The molecule has 4 rings (SSSR count). The summed E-state index contributed by atoms with van der Waals surface area (Å²) < 4.78 is 5.79. The monoisotopic (exact) mass is 427 g/mol. The van der Waals surface area contributed by atoms with Crippen molar-refractivity contribution in [3.8, 4) is 0 Å². The van der Waals surface area contributed by atoms with Crippen LogP contribution >= 0.6 is 35.1 Å². The number of amides is 2. The molecule has 0 spiro atoms. The van der Waals surface area contributed by atoms with E-state index in [2.05, 4.69) is 0 Å². The van der Waals surface area contributed by atoms with Crippen molar-refractivity contribution in [3.05, 3.63) is 81.9 Å². The molecule has 4 nitrogen and oxygen atoms in total. The molecule has 0 aliphatic carbocycles. The second-order valence-corrected chi connectivity index (χ2v) is 8.58. The predicted molar refractivity (Wildman–Crippen MR) is 114 cm³/mol. The largest absolute Gasteiger partial charge is 0.450 e. The summed E-state index contributed by atoms with van der Waals surface area (Å²) in [5.74, 6) is 0.132. The molecular weight excluding hydrogens is 414 g/mol. The second kappa shape index (κ2) is 7.91. The van der Waals surface area contributed by atoms with E-state index in [1.165, 1.54) is 17.3 Å². The third-order valence-corrected chi connectivity index (χ3v) is 6.01. The van der Waals surface area contributed by atoms with Gasteiger partial charge in [-0.25, -0.2) is 4.90 Å². The molecule has 0 atom stereocenters. The minimum Gasteiger partial charge on any atom is -0.450 e. The van der Waals surface area contributed by atoms with E-state index in [0.717, 1.165) is 21.6 Å². The van der Waals surface area contributed by atoms with Crippen molar-refractivity contribution < 1.29 is 14.0 Å². The van der Waals surface area contributed by atoms with E-state index >= 15 is 0 Å². The zero-order valence-corrected chi connectivity index (χ0v) is 17.1. The van der Waals surface area contributed by atoms with Crippen LogP contribution < -0.4 is 4.90 Å². The number of furan rings is 1. The van der Waals surface area contributed by atoms with Crippen molar-refractivity contribution in [2.75, 3.05) is 4.90 Å². The fourth-order valence-corrected chi connectivity index (χ4v) is 4.41. The molecule has 0 radical (unpaired) electrons.